The van der Waals surface area contributed by atoms with Crippen LogP contribution in [0, 0.1) is 5.92 Å². The fraction of sp³-hybridized carbons (Fsp3) is 0.951. The molecule has 6 nitrogen and oxygen atoms in total. The number of ether oxygens (including phenoxy) is 3. The highest BCUT2D eigenvalue weighted by atomic mass is 16.6. The SMILES string of the molecule is CCCCCCCCCCCCCCCCCCCCC(=O)O[C@H](COC(=O)CCCCCCCCCCCC)COC(=O)CCCCCCCCCCCCCCCCCCCCC(C)C. The van der Waals surface area contributed by atoms with Gasteiger partial charge in [-0.2, -0.15) is 0 Å². The average Bonchev–Trinajstić information content (AvgIpc) is 3.31. The summed E-state index contributed by atoms with van der Waals surface area (Å²) >= 11 is 0. The van der Waals surface area contributed by atoms with E-state index < -0.39 is 6.10 Å². The van der Waals surface area contributed by atoms with Gasteiger partial charge in [0.2, 0.25) is 0 Å². The number of unbranched alkanes of at least 4 members (excludes halogenated alkanes) is 43. The summed E-state index contributed by atoms with van der Waals surface area (Å²) in [5.74, 6) is 0.0251. The smallest absolute Gasteiger partial charge is 0.306 e. The fourth-order valence-corrected chi connectivity index (χ4v) is 9.46. The first-order valence-corrected chi connectivity index (χ1v) is 30.4. The molecule has 0 aliphatic carbocycles. The van der Waals surface area contributed by atoms with E-state index in [-0.39, 0.29) is 31.1 Å². The summed E-state index contributed by atoms with van der Waals surface area (Å²) in [5, 5.41) is 0. The molecule has 0 fully saturated rings. The van der Waals surface area contributed by atoms with Gasteiger partial charge in [-0.15, -0.1) is 0 Å². The van der Waals surface area contributed by atoms with Gasteiger partial charge >= 0.3 is 17.9 Å². The largest absolute Gasteiger partial charge is 0.462 e. The molecule has 0 aromatic carbocycles. The van der Waals surface area contributed by atoms with E-state index in [1.165, 1.54) is 244 Å². The number of hydrogen-bond donors (Lipinski definition) is 0. The topological polar surface area (TPSA) is 78.9 Å². The molecule has 398 valence electrons. The molecule has 0 aromatic rings. The third-order valence-electron chi connectivity index (χ3n) is 14.0. The van der Waals surface area contributed by atoms with Gasteiger partial charge in [-0.05, 0) is 25.2 Å². The first kappa shape index (κ1) is 65.4. The van der Waals surface area contributed by atoms with Crippen molar-refractivity contribution in [2.75, 3.05) is 13.2 Å². The van der Waals surface area contributed by atoms with E-state index >= 15 is 0 Å². The number of esters is 3. The van der Waals surface area contributed by atoms with E-state index in [0.29, 0.717) is 19.3 Å². The number of carbonyl (C=O) groups excluding carboxylic acids is 3. The molecule has 0 saturated carbocycles. The van der Waals surface area contributed by atoms with Crippen molar-refractivity contribution in [2.24, 2.45) is 5.92 Å². The van der Waals surface area contributed by atoms with Crippen LogP contribution in [0.1, 0.15) is 349 Å². The highest BCUT2D eigenvalue weighted by Crippen LogP contribution is 2.18. The zero-order valence-electron chi connectivity index (χ0n) is 45.9. The molecule has 0 amide bonds. The van der Waals surface area contributed by atoms with Crippen LogP contribution >= 0.6 is 0 Å². The van der Waals surface area contributed by atoms with Crippen LogP contribution in [0.15, 0.2) is 0 Å². The van der Waals surface area contributed by atoms with Crippen molar-refractivity contribution in [3.63, 3.8) is 0 Å². The molecule has 0 bridgehead atoms. The highest BCUT2D eigenvalue weighted by molar-refractivity contribution is 5.71. The van der Waals surface area contributed by atoms with Crippen LogP contribution in [0.2, 0.25) is 0 Å². The summed E-state index contributed by atoms with van der Waals surface area (Å²) in [6, 6.07) is 0. The van der Waals surface area contributed by atoms with Crippen LogP contribution in [-0.2, 0) is 28.6 Å². The molecule has 0 unspecified atom stereocenters. The third kappa shape index (κ3) is 55.2. The Morgan fingerprint density at radius 3 is 0.731 bits per heavy atom. The van der Waals surface area contributed by atoms with Crippen LogP contribution in [0.25, 0.3) is 0 Å². The summed E-state index contributed by atoms with van der Waals surface area (Å²) < 4.78 is 16.9. The lowest BCUT2D eigenvalue weighted by Gasteiger charge is -2.18. The Kier molecular flexibility index (Phi) is 54.0. The third-order valence-corrected chi connectivity index (χ3v) is 14.0. The zero-order valence-corrected chi connectivity index (χ0v) is 45.9. The van der Waals surface area contributed by atoms with Gasteiger partial charge in [-0.1, -0.05) is 310 Å². The molecule has 0 N–H and O–H groups in total. The summed E-state index contributed by atoms with van der Waals surface area (Å²) in [7, 11) is 0. The molecular formula is C61H118O6. The van der Waals surface area contributed by atoms with Gasteiger partial charge in [0.15, 0.2) is 6.10 Å². The monoisotopic (exact) mass is 947 g/mol. The predicted molar refractivity (Wildman–Crippen MR) is 289 cm³/mol. The second-order valence-corrected chi connectivity index (χ2v) is 21.5. The molecule has 0 aliphatic heterocycles. The predicted octanol–water partition coefficient (Wildman–Crippen LogP) is 20.2. The Bertz CT molecular complexity index is 1010. The molecule has 0 radical (unpaired) electrons. The minimum absolute atomic E-state index is 0.0616. The maximum absolute atomic E-state index is 12.9. The minimum atomic E-state index is -0.761. The Labute approximate surface area is 418 Å². The molecular weight excluding hydrogens is 829 g/mol. The molecule has 0 spiro atoms. The van der Waals surface area contributed by atoms with E-state index in [0.717, 1.165) is 63.7 Å². The molecule has 0 saturated heterocycles. The summed E-state index contributed by atoms with van der Waals surface area (Å²) in [5.41, 5.74) is 0. The number of hydrogen-bond acceptors (Lipinski definition) is 6. The normalized spacial score (nSPS) is 12.0. The second-order valence-electron chi connectivity index (χ2n) is 21.5. The van der Waals surface area contributed by atoms with Crippen LogP contribution in [0.5, 0.6) is 0 Å². The van der Waals surface area contributed by atoms with Gasteiger partial charge in [0.05, 0.1) is 0 Å². The lowest BCUT2D eigenvalue weighted by molar-refractivity contribution is -0.167. The van der Waals surface area contributed by atoms with Gasteiger partial charge in [0, 0.05) is 19.3 Å². The molecule has 1 atom stereocenters. The van der Waals surface area contributed by atoms with Gasteiger partial charge in [0.1, 0.15) is 13.2 Å². The van der Waals surface area contributed by atoms with Crippen LogP contribution in [0.4, 0.5) is 0 Å². The quantitative estimate of drug-likeness (QED) is 0.0343. The lowest BCUT2D eigenvalue weighted by Crippen LogP contribution is -2.30. The first-order chi connectivity index (χ1) is 32.9. The summed E-state index contributed by atoms with van der Waals surface area (Å²) in [6.45, 7) is 9.07. The zero-order chi connectivity index (χ0) is 48.8. The van der Waals surface area contributed by atoms with E-state index in [1.807, 2.05) is 0 Å². The number of carbonyl (C=O) groups is 3. The van der Waals surface area contributed by atoms with Crippen molar-refractivity contribution in [3.05, 3.63) is 0 Å². The highest BCUT2D eigenvalue weighted by Gasteiger charge is 2.19. The Hall–Kier alpha value is -1.59. The van der Waals surface area contributed by atoms with E-state index in [1.54, 1.807) is 0 Å². The first-order valence-electron chi connectivity index (χ1n) is 30.4. The summed E-state index contributed by atoms with van der Waals surface area (Å²) in [4.78, 5) is 38.1. The Morgan fingerprint density at radius 1 is 0.284 bits per heavy atom. The van der Waals surface area contributed by atoms with E-state index in [2.05, 4.69) is 27.7 Å². The molecule has 67 heavy (non-hydrogen) atoms. The van der Waals surface area contributed by atoms with E-state index in [9.17, 15) is 14.4 Å². The Morgan fingerprint density at radius 2 is 0.493 bits per heavy atom. The average molecular weight is 948 g/mol. The Balaban J connectivity index is 4.19. The van der Waals surface area contributed by atoms with Gasteiger partial charge in [-0.25, -0.2) is 0 Å². The second kappa shape index (κ2) is 55.3. The minimum Gasteiger partial charge on any atom is -0.462 e. The van der Waals surface area contributed by atoms with E-state index in [4.69, 9.17) is 14.2 Å². The fourth-order valence-electron chi connectivity index (χ4n) is 9.46. The molecule has 0 aromatic heterocycles. The van der Waals surface area contributed by atoms with Crippen molar-refractivity contribution < 1.29 is 28.6 Å². The molecule has 0 heterocycles. The van der Waals surface area contributed by atoms with Gasteiger partial charge in [0.25, 0.3) is 0 Å². The van der Waals surface area contributed by atoms with Crippen molar-refractivity contribution in [1.29, 1.82) is 0 Å². The number of rotatable bonds is 56. The standard InChI is InChI=1S/C61H118O6/c1-5-7-9-11-13-15-17-18-19-20-24-28-31-34-38-42-46-50-54-61(64)67-58(55-65-59(62)52-48-44-40-36-16-14-12-10-8-6-2)56-66-60(63)53-49-45-41-37-33-30-27-25-22-21-23-26-29-32-35-39-43-47-51-57(3)4/h57-58H,5-56H2,1-4H3/t58-/m1/s1. The van der Waals surface area contributed by atoms with Crippen molar-refractivity contribution in [2.45, 2.75) is 355 Å². The van der Waals surface area contributed by atoms with Crippen LogP contribution in [-0.4, -0.2) is 37.2 Å². The van der Waals surface area contributed by atoms with Crippen molar-refractivity contribution in [1.82, 2.24) is 0 Å². The van der Waals surface area contributed by atoms with Gasteiger partial charge < -0.3 is 14.2 Å². The van der Waals surface area contributed by atoms with Crippen molar-refractivity contribution in [3.8, 4) is 0 Å². The van der Waals surface area contributed by atoms with Crippen LogP contribution in [0.3, 0.4) is 0 Å². The maximum atomic E-state index is 12.9. The molecule has 6 heteroatoms. The molecule has 0 aliphatic rings. The van der Waals surface area contributed by atoms with Gasteiger partial charge in [-0.3, -0.25) is 14.4 Å². The maximum Gasteiger partial charge on any atom is 0.306 e. The summed E-state index contributed by atoms with van der Waals surface area (Å²) in [6.07, 6.45) is 61.1. The lowest BCUT2D eigenvalue weighted by atomic mass is 10.0. The van der Waals surface area contributed by atoms with Crippen molar-refractivity contribution >= 4 is 17.9 Å². The molecule has 0 rings (SSSR count). The van der Waals surface area contributed by atoms with Crippen LogP contribution < -0.4 is 0 Å².